The van der Waals surface area contributed by atoms with Gasteiger partial charge in [0.2, 0.25) is 5.91 Å². The number of methoxy groups -OCH3 is 1. The number of hydrogen-bond donors (Lipinski definition) is 0. The Balaban J connectivity index is 1.68. The van der Waals surface area contributed by atoms with Gasteiger partial charge in [0.1, 0.15) is 5.60 Å². The first-order valence-electron chi connectivity index (χ1n) is 9.32. The second kappa shape index (κ2) is 8.19. The number of carbonyl (C=O) groups excluding carboxylic acids is 1. The van der Waals surface area contributed by atoms with Crippen molar-refractivity contribution < 1.29 is 14.1 Å². The zero-order chi connectivity index (χ0) is 19.4. The van der Waals surface area contributed by atoms with Gasteiger partial charge in [-0.05, 0) is 25.3 Å². The van der Waals surface area contributed by atoms with Gasteiger partial charge in [-0.3, -0.25) is 9.69 Å². The normalized spacial score (nSPS) is 18.2. The van der Waals surface area contributed by atoms with Crippen molar-refractivity contribution in [2.24, 2.45) is 0 Å². The molecule has 1 aliphatic rings. The van der Waals surface area contributed by atoms with Crippen LogP contribution in [0.4, 0.5) is 0 Å². The van der Waals surface area contributed by atoms with Gasteiger partial charge in [-0.1, -0.05) is 35.5 Å². The van der Waals surface area contributed by atoms with Crippen LogP contribution in [0.1, 0.15) is 37.0 Å². The summed E-state index contributed by atoms with van der Waals surface area (Å²) in [7, 11) is 5.26. The Morgan fingerprint density at radius 3 is 2.56 bits per heavy atom. The van der Waals surface area contributed by atoms with Crippen LogP contribution in [0.5, 0.6) is 0 Å². The molecule has 1 amide bonds. The van der Waals surface area contributed by atoms with Crippen molar-refractivity contribution in [1.82, 2.24) is 19.9 Å². The fourth-order valence-electron chi connectivity index (χ4n) is 3.60. The maximum Gasteiger partial charge on any atom is 0.258 e. The monoisotopic (exact) mass is 372 g/mol. The lowest BCUT2D eigenvalue weighted by Crippen LogP contribution is -2.51. The van der Waals surface area contributed by atoms with Crippen LogP contribution in [0, 0.1) is 0 Å². The minimum absolute atomic E-state index is 0.114. The Morgan fingerprint density at radius 1 is 1.30 bits per heavy atom. The molecule has 1 atom stereocenters. The van der Waals surface area contributed by atoms with Crippen molar-refractivity contribution in [3.63, 3.8) is 0 Å². The number of likely N-dealkylation sites (N-methyl/N-ethyl adjacent to an activating group) is 1. The lowest BCUT2D eigenvalue weighted by atomic mass is 9.90. The van der Waals surface area contributed by atoms with Crippen LogP contribution in [0.25, 0.3) is 0 Å². The zero-order valence-corrected chi connectivity index (χ0v) is 16.5. The molecule has 0 saturated carbocycles. The van der Waals surface area contributed by atoms with Crippen LogP contribution in [0.3, 0.4) is 0 Å². The number of likely N-dealkylation sites (tertiary alicyclic amines) is 1. The van der Waals surface area contributed by atoms with Gasteiger partial charge in [0.25, 0.3) is 5.89 Å². The van der Waals surface area contributed by atoms with E-state index in [1.54, 1.807) is 26.1 Å². The molecule has 1 aliphatic heterocycles. The Kier molecular flexibility index (Phi) is 5.92. The van der Waals surface area contributed by atoms with Crippen molar-refractivity contribution in [3.05, 3.63) is 47.6 Å². The van der Waals surface area contributed by atoms with E-state index in [0.29, 0.717) is 31.0 Å². The summed E-state index contributed by atoms with van der Waals surface area (Å²) in [6, 6.07) is 9.93. The van der Waals surface area contributed by atoms with Gasteiger partial charge in [0.05, 0.1) is 6.04 Å². The number of piperidine rings is 1. The van der Waals surface area contributed by atoms with Gasteiger partial charge < -0.3 is 14.2 Å². The Hall–Kier alpha value is -2.25. The van der Waals surface area contributed by atoms with Gasteiger partial charge in [-0.2, -0.15) is 4.98 Å². The summed E-state index contributed by atoms with van der Waals surface area (Å²) in [5, 5.41) is 4.14. The second-order valence-corrected chi connectivity index (χ2v) is 7.32. The average Bonchev–Trinajstić information content (AvgIpc) is 3.16. The molecule has 7 heteroatoms. The number of amides is 1. The molecule has 7 nitrogen and oxygen atoms in total. The number of aromatic nitrogens is 2. The summed E-state index contributed by atoms with van der Waals surface area (Å²) in [5.41, 5.74) is 0.557. The lowest BCUT2D eigenvalue weighted by Gasteiger charge is -2.40. The first-order chi connectivity index (χ1) is 12.9. The first kappa shape index (κ1) is 19.5. The summed E-state index contributed by atoms with van der Waals surface area (Å²) >= 11 is 0. The van der Waals surface area contributed by atoms with E-state index in [1.165, 1.54) is 0 Å². The molecule has 0 bridgehead atoms. The summed E-state index contributed by atoms with van der Waals surface area (Å²) in [5.74, 6) is 1.30. The highest BCUT2D eigenvalue weighted by Crippen LogP contribution is 2.36. The Labute approximate surface area is 160 Å². The molecule has 27 heavy (non-hydrogen) atoms. The van der Waals surface area contributed by atoms with E-state index < -0.39 is 5.60 Å². The van der Waals surface area contributed by atoms with E-state index in [4.69, 9.17) is 9.26 Å². The SMILES string of the molecule is COC1(c2nc(Cc3ccccc3)no2)CCN([C@@H](C)C(=O)N(C)C)CC1. The van der Waals surface area contributed by atoms with E-state index in [0.717, 1.165) is 18.7 Å². The van der Waals surface area contributed by atoms with Crippen LogP contribution in [0.2, 0.25) is 0 Å². The Bertz CT molecular complexity index is 752. The summed E-state index contributed by atoms with van der Waals surface area (Å²) in [6.07, 6.45) is 2.05. The van der Waals surface area contributed by atoms with E-state index in [9.17, 15) is 4.79 Å². The quantitative estimate of drug-likeness (QED) is 0.773. The van der Waals surface area contributed by atoms with Crippen molar-refractivity contribution in [2.75, 3.05) is 34.3 Å². The van der Waals surface area contributed by atoms with Crippen LogP contribution in [-0.2, 0) is 21.6 Å². The van der Waals surface area contributed by atoms with E-state index >= 15 is 0 Å². The van der Waals surface area contributed by atoms with Crippen molar-refractivity contribution >= 4 is 5.91 Å². The van der Waals surface area contributed by atoms with Crippen LogP contribution < -0.4 is 0 Å². The third kappa shape index (κ3) is 4.20. The lowest BCUT2D eigenvalue weighted by molar-refractivity contribution is -0.137. The third-order valence-electron chi connectivity index (χ3n) is 5.41. The smallest absolute Gasteiger partial charge is 0.258 e. The Morgan fingerprint density at radius 2 is 1.96 bits per heavy atom. The van der Waals surface area contributed by atoms with Crippen LogP contribution in [-0.4, -0.2) is 66.2 Å². The number of benzene rings is 1. The molecule has 1 fully saturated rings. The molecule has 3 rings (SSSR count). The zero-order valence-electron chi connectivity index (χ0n) is 16.5. The highest BCUT2D eigenvalue weighted by Gasteiger charge is 2.43. The summed E-state index contributed by atoms with van der Waals surface area (Å²) in [6.45, 7) is 3.43. The standard InChI is InChI=1S/C20H28N4O3/c1-15(18(25)23(2)3)24-12-10-20(26-4,11-13-24)19-21-17(22-27-19)14-16-8-6-5-7-9-16/h5-9,15H,10-14H2,1-4H3/t15-/m0/s1. The molecule has 1 aromatic carbocycles. The van der Waals surface area contributed by atoms with Gasteiger partial charge in [0, 0.05) is 40.7 Å². The van der Waals surface area contributed by atoms with Gasteiger partial charge >= 0.3 is 0 Å². The van der Waals surface area contributed by atoms with Crippen molar-refractivity contribution in [2.45, 2.75) is 37.8 Å². The van der Waals surface area contributed by atoms with Crippen LogP contribution >= 0.6 is 0 Å². The topological polar surface area (TPSA) is 71.7 Å². The number of carbonyl (C=O) groups is 1. The number of nitrogens with zero attached hydrogens (tertiary/aromatic N) is 4. The number of hydrogen-bond acceptors (Lipinski definition) is 6. The molecule has 1 aromatic heterocycles. The number of ether oxygens (including phenoxy) is 1. The summed E-state index contributed by atoms with van der Waals surface area (Å²) in [4.78, 5) is 20.7. The third-order valence-corrected chi connectivity index (χ3v) is 5.41. The molecular weight excluding hydrogens is 344 g/mol. The van der Waals surface area contributed by atoms with E-state index in [2.05, 4.69) is 15.0 Å². The fourth-order valence-corrected chi connectivity index (χ4v) is 3.60. The maximum atomic E-state index is 12.2. The maximum absolute atomic E-state index is 12.2. The molecule has 1 saturated heterocycles. The second-order valence-electron chi connectivity index (χ2n) is 7.32. The molecule has 0 N–H and O–H groups in total. The number of rotatable bonds is 6. The predicted molar refractivity (Wildman–Crippen MR) is 101 cm³/mol. The molecule has 0 unspecified atom stereocenters. The molecule has 0 aliphatic carbocycles. The van der Waals surface area contributed by atoms with Crippen molar-refractivity contribution in [3.8, 4) is 0 Å². The largest absolute Gasteiger partial charge is 0.368 e. The highest BCUT2D eigenvalue weighted by molar-refractivity contribution is 5.80. The summed E-state index contributed by atoms with van der Waals surface area (Å²) < 4.78 is 11.4. The molecule has 146 valence electrons. The van der Waals surface area contributed by atoms with Crippen molar-refractivity contribution in [1.29, 1.82) is 0 Å². The first-order valence-corrected chi connectivity index (χ1v) is 9.32. The van der Waals surface area contributed by atoms with E-state index in [-0.39, 0.29) is 11.9 Å². The molecule has 2 aromatic rings. The molecular formula is C20H28N4O3. The van der Waals surface area contributed by atoms with E-state index in [1.807, 2.05) is 37.3 Å². The van der Waals surface area contributed by atoms with Gasteiger partial charge in [-0.25, -0.2) is 0 Å². The minimum Gasteiger partial charge on any atom is -0.368 e. The van der Waals surface area contributed by atoms with Crippen LogP contribution in [0.15, 0.2) is 34.9 Å². The molecule has 0 spiro atoms. The molecule has 0 radical (unpaired) electrons. The van der Waals surface area contributed by atoms with Gasteiger partial charge in [0.15, 0.2) is 5.82 Å². The minimum atomic E-state index is -0.584. The highest BCUT2D eigenvalue weighted by atomic mass is 16.5. The predicted octanol–water partition coefficient (Wildman–Crippen LogP) is 2.07. The average molecular weight is 372 g/mol. The van der Waals surface area contributed by atoms with Gasteiger partial charge in [-0.15, -0.1) is 0 Å². The fraction of sp³-hybridized carbons (Fsp3) is 0.550. The molecule has 2 heterocycles.